The number of anilines is 1. The summed E-state index contributed by atoms with van der Waals surface area (Å²) in [5.41, 5.74) is 0.774. The molecule has 0 aromatic heterocycles. The zero-order valence-corrected chi connectivity index (χ0v) is 19.8. The maximum atomic E-state index is 12.6. The maximum Gasteiger partial charge on any atom is 0.329 e. The van der Waals surface area contributed by atoms with Gasteiger partial charge in [-0.3, -0.25) is 14.4 Å². The highest BCUT2D eigenvalue weighted by atomic mass is 35.5. The molecule has 0 bridgehead atoms. The third kappa shape index (κ3) is 6.63. The van der Waals surface area contributed by atoms with Gasteiger partial charge >= 0.3 is 5.97 Å². The van der Waals surface area contributed by atoms with Gasteiger partial charge < -0.3 is 20.1 Å². The van der Waals surface area contributed by atoms with Crippen LogP contribution in [0, 0.1) is 0 Å². The summed E-state index contributed by atoms with van der Waals surface area (Å²) in [6.07, 6.45) is 2.16. The van der Waals surface area contributed by atoms with Crippen molar-refractivity contribution in [2.45, 2.75) is 12.5 Å². The average Bonchev–Trinajstić information content (AvgIpc) is 2.79. The molecule has 174 valence electrons. The summed E-state index contributed by atoms with van der Waals surface area (Å²) in [4.78, 5) is 49.2. The topological polar surface area (TPSA) is 111 Å². The quantitative estimate of drug-likeness (QED) is 0.391. The van der Waals surface area contributed by atoms with Crippen LogP contribution >= 0.6 is 35.0 Å². The van der Waals surface area contributed by atoms with Crippen molar-refractivity contribution in [3.05, 3.63) is 57.6 Å². The fourth-order valence-electron chi connectivity index (χ4n) is 2.97. The first-order chi connectivity index (χ1) is 15.8. The van der Waals surface area contributed by atoms with Gasteiger partial charge in [0.15, 0.2) is 19.0 Å². The largest absolute Gasteiger partial charge is 0.482 e. The van der Waals surface area contributed by atoms with E-state index in [0.29, 0.717) is 28.6 Å². The molecule has 0 saturated carbocycles. The number of ether oxygens (including phenoxy) is 2. The Hall–Kier alpha value is -2.75. The molecule has 3 rings (SSSR count). The highest BCUT2D eigenvalue weighted by Gasteiger charge is 2.25. The Morgan fingerprint density at radius 3 is 2.73 bits per heavy atom. The Labute approximate surface area is 204 Å². The minimum Gasteiger partial charge on any atom is -0.482 e. The van der Waals surface area contributed by atoms with Gasteiger partial charge in [0.1, 0.15) is 11.8 Å². The van der Waals surface area contributed by atoms with Gasteiger partial charge in [0.25, 0.3) is 11.8 Å². The van der Waals surface area contributed by atoms with E-state index in [0.717, 1.165) is 0 Å². The fourth-order valence-corrected chi connectivity index (χ4v) is 3.94. The van der Waals surface area contributed by atoms with Gasteiger partial charge in [0.05, 0.1) is 16.3 Å². The van der Waals surface area contributed by atoms with Crippen molar-refractivity contribution < 1.29 is 28.7 Å². The molecule has 2 aromatic carbocycles. The summed E-state index contributed by atoms with van der Waals surface area (Å²) in [7, 11) is 0. The molecule has 0 spiro atoms. The molecule has 8 nitrogen and oxygen atoms in total. The lowest BCUT2D eigenvalue weighted by atomic mass is 10.1. The molecule has 1 aliphatic rings. The minimum absolute atomic E-state index is 0.0949. The maximum absolute atomic E-state index is 12.6. The molecule has 0 unspecified atom stereocenters. The number of halogens is 2. The Kier molecular flexibility index (Phi) is 8.60. The van der Waals surface area contributed by atoms with Gasteiger partial charge in [-0.2, -0.15) is 11.8 Å². The number of hydrogen-bond acceptors (Lipinski definition) is 7. The van der Waals surface area contributed by atoms with Crippen LogP contribution in [-0.4, -0.2) is 54.8 Å². The summed E-state index contributed by atoms with van der Waals surface area (Å²) in [6.45, 7) is -0.623. The Balaban J connectivity index is 1.63. The third-order valence-corrected chi connectivity index (χ3v) is 5.85. The fraction of sp³-hybridized carbons (Fsp3) is 0.273. The molecule has 0 saturated heterocycles. The first kappa shape index (κ1) is 24.9. The Morgan fingerprint density at radius 1 is 1.21 bits per heavy atom. The van der Waals surface area contributed by atoms with Crippen molar-refractivity contribution >= 4 is 64.2 Å². The predicted molar refractivity (Wildman–Crippen MR) is 127 cm³/mol. The van der Waals surface area contributed by atoms with Crippen LogP contribution in [-0.2, 0) is 14.3 Å². The SMILES string of the molecule is CSCC[C@H](NC(=O)c1ccc(Cl)cc1Cl)C(=O)OCC(=O)c1ccc2c(c1)NC(=O)CO2. The number of rotatable bonds is 9. The van der Waals surface area contributed by atoms with Gasteiger partial charge in [0, 0.05) is 10.6 Å². The first-order valence-corrected chi connectivity index (χ1v) is 11.9. The zero-order valence-electron chi connectivity index (χ0n) is 17.5. The number of ketones is 1. The van der Waals surface area contributed by atoms with E-state index in [4.69, 9.17) is 32.7 Å². The lowest BCUT2D eigenvalue weighted by Gasteiger charge is -2.19. The normalized spacial score (nSPS) is 13.2. The molecule has 1 heterocycles. The summed E-state index contributed by atoms with van der Waals surface area (Å²) < 4.78 is 10.4. The van der Waals surface area contributed by atoms with Crippen LogP contribution in [0.15, 0.2) is 36.4 Å². The van der Waals surface area contributed by atoms with Crippen LogP contribution < -0.4 is 15.4 Å². The second-order valence-electron chi connectivity index (χ2n) is 7.01. The van der Waals surface area contributed by atoms with E-state index in [1.165, 1.54) is 42.1 Å². The van der Waals surface area contributed by atoms with Crippen molar-refractivity contribution in [1.82, 2.24) is 5.32 Å². The molecule has 11 heteroatoms. The molecule has 2 aromatic rings. The number of Topliss-reactive ketones (excluding diaryl/α,β-unsaturated/α-hetero) is 1. The van der Waals surface area contributed by atoms with Gasteiger partial charge in [-0.05, 0) is 54.8 Å². The number of carbonyl (C=O) groups excluding carboxylic acids is 4. The number of esters is 1. The summed E-state index contributed by atoms with van der Waals surface area (Å²) >= 11 is 13.4. The van der Waals surface area contributed by atoms with Crippen molar-refractivity contribution in [2.75, 3.05) is 30.5 Å². The number of fused-ring (bicyclic) bond motifs is 1. The van der Waals surface area contributed by atoms with Crippen LogP contribution in [0.5, 0.6) is 5.75 Å². The van der Waals surface area contributed by atoms with Crippen LogP contribution in [0.1, 0.15) is 27.1 Å². The van der Waals surface area contributed by atoms with E-state index >= 15 is 0 Å². The summed E-state index contributed by atoms with van der Waals surface area (Å²) in [5.74, 6) is -1.08. The van der Waals surface area contributed by atoms with Gasteiger partial charge in [-0.1, -0.05) is 23.2 Å². The Morgan fingerprint density at radius 2 is 2.00 bits per heavy atom. The second-order valence-corrected chi connectivity index (χ2v) is 8.84. The molecular formula is C22H20Cl2N2O6S. The van der Waals surface area contributed by atoms with Crippen LogP contribution in [0.3, 0.4) is 0 Å². The molecular weight excluding hydrogens is 491 g/mol. The van der Waals surface area contributed by atoms with Crippen molar-refractivity contribution in [1.29, 1.82) is 0 Å². The van der Waals surface area contributed by atoms with E-state index < -0.39 is 30.3 Å². The third-order valence-electron chi connectivity index (χ3n) is 4.66. The van der Waals surface area contributed by atoms with E-state index in [2.05, 4.69) is 10.6 Å². The Bertz CT molecular complexity index is 1090. The summed E-state index contributed by atoms with van der Waals surface area (Å²) in [5, 5.41) is 5.75. The second kappa shape index (κ2) is 11.4. The van der Waals surface area contributed by atoms with Crippen molar-refractivity contribution in [3.63, 3.8) is 0 Å². The van der Waals surface area contributed by atoms with E-state index in [9.17, 15) is 19.2 Å². The lowest BCUT2D eigenvalue weighted by Crippen LogP contribution is -2.42. The lowest BCUT2D eigenvalue weighted by molar-refractivity contribution is -0.144. The standard InChI is InChI=1S/C22H20Cl2N2O6S/c1-33-7-6-16(26-21(29)14-4-3-13(23)9-15(14)24)22(30)32-10-18(27)12-2-5-19-17(8-12)25-20(28)11-31-19/h2-5,8-9,16H,6-7,10-11H2,1H3,(H,25,28)(H,26,29)/t16-/m0/s1. The average molecular weight is 511 g/mol. The number of hydrogen-bond donors (Lipinski definition) is 2. The predicted octanol–water partition coefficient (Wildman–Crippen LogP) is 3.60. The highest BCUT2D eigenvalue weighted by molar-refractivity contribution is 7.98. The van der Waals surface area contributed by atoms with Crippen LogP contribution in [0.25, 0.3) is 0 Å². The number of thioether (sulfide) groups is 1. The molecule has 1 aliphatic heterocycles. The molecule has 33 heavy (non-hydrogen) atoms. The molecule has 0 aliphatic carbocycles. The first-order valence-electron chi connectivity index (χ1n) is 9.80. The molecule has 2 amide bonds. The number of benzene rings is 2. The molecule has 0 radical (unpaired) electrons. The van der Waals surface area contributed by atoms with Gasteiger partial charge in [-0.15, -0.1) is 0 Å². The highest BCUT2D eigenvalue weighted by Crippen LogP contribution is 2.28. The summed E-state index contributed by atoms with van der Waals surface area (Å²) in [6, 6.07) is 7.96. The number of nitrogens with one attached hydrogen (secondary N) is 2. The molecule has 2 N–H and O–H groups in total. The van der Waals surface area contributed by atoms with E-state index in [1.807, 2.05) is 6.26 Å². The van der Waals surface area contributed by atoms with E-state index in [1.54, 1.807) is 6.07 Å². The monoisotopic (exact) mass is 510 g/mol. The smallest absolute Gasteiger partial charge is 0.329 e. The molecule has 1 atom stereocenters. The van der Waals surface area contributed by atoms with Crippen LogP contribution in [0.4, 0.5) is 5.69 Å². The zero-order chi connectivity index (χ0) is 24.0. The van der Waals surface area contributed by atoms with Gasteiger partial charge in [-0.25, -0.2) is 4.79 Å². The van der Waals surface area contributed by atoms with Crippen LogP contribution in [0.2, 0.25) is 10.0 Å². The van der Waals surface area contributed by atoms with E-state index in [-0.39, 0.29) is 28.7 Å². The number of carbonyl (C=O) groups is 4. The number of amides is 2. The van der Waals surface area contributed by atoms with Gasteiger partial charge in [0.2, 0.25) is 0 Å². The van der Waals surface area contributed by atoms with Crippen molar-refractivity contribution in [2.24, 2.45) is 0 Å². The molecule has 0 fully saturated rings. The van der Waals surface area contributed by atoms with Crippen molar-refractivity contribution in [3.8, 4) is 5.75 Å². The minimum atomic E-state index is -0.972.